The molecule has 0 aliphatic heterocycles. The summed E-state index contributed by atoms with van der Waals surface area (Å²) in [5.41, 5.74) is 1.50. The summed E-state index contributed by atoms with van der Waals surface area (Å²) in [6, 6.07) is 19.9. The van der Waals surface area contributed by atoms with Gasteiger partial charge < -0.3 is 4.74 Å². The van der Waals surface area contributed by atoms with Crippen LogP contribution in [-0.4, -0.2) is 15.7 Å². The van der Waals surface area contributed by atoms with Crippen molar-refractivity contribution in [2.75, 3.05) is 0 Å². The Morgan fingerprint density at radius 2 is 1.66 bits per heavy atom. The van der Waals surface area contributed by atoms with E-state index in [-0.39, 0.29) is 17.4 Å². The number of aryl methyl sites for hydroxylation is 1. The summed E-state index contributed by atoms with van der Waals surface area (Å²) in [5, 5.41) is 4.71. The standard InChI is InChI=1S/C24H28N2O2S/c1-6-20(18-13-9-7-10-14-18)23(27)28-22-21(29-19-15-11-8-12-16-19)17(2)25-26(22)24(3,4)5/h7-16,20H,6H2,1-5H3. The lowest BCUT2D eigenvalue weighted by Gasteiger charge is -2.23. The molecule has 0 amide bonds. The van der Waals surface area contributed by atoms with E-state index in [4.69, 9.17) is 9.84 Å². The first-order chi connectivity index (χ1) is 13.8. The molecule has 0 aliphatic rings. The summed E-state index contributed by atoms with van der Waals surface area (Å²) >= 11 is 1.57. The van der Waals surface area contributed by atoms with Gasteiger partial charge in [-0.3, -0.25) is 4.79 Å². The van der Waals surface area contributed by atoms with Crippen molar-refractivity contribution in [3.05, 3.63) is 71.9 Å². The highest BCUT2D eigenvalue weighted by atomic mass is 32.2. The molecule has 1 aromatic heterocycles. The smallest absolute Gasteiger partial charge is 0.320 e. The zero-order chi connectivity index (χ0) is 21.0. The Bertz CT molecular complexity index is 960. The molecule has 1 unspecified atom stereocenters. The van der Waals surface area contributed by atoms with Gasteiger partial charge in [0.15, 0.2) is 0 Å². The van der Waals surface area contributed by atoms with Gasteiger partial charge in [0.25, 0.3) is 0 Å². The average molecular weight is 409 g/mol. The first-order valence-corrected chi connectivity index (χ1v) is 10.7. The largest absolute Gasteiger partial charge is 0.406 e. The minimum absolute atomic E-state index is 0.251. The SMILES string of the molecule is CCC(C(=O)Oc1c(Sc2ccccc2)c(C)nn1C(C)(C)C)c1ccccc1. The van der Waals surface area contributed by atoms with Gasteiger partial charge in [0.05, 0.1) is 22.0 Å². The predicted octanol–water partition coefficient (Wildman–Crippen LogP) is 6.20. The van der Waals surface area contributed by atoms with E-state index in [1.54, 1.807) is 11.8 Å². The fourth-order valence-electron chi connectivity index (χ4n) is 3.15. The maximum Gasteiger partial charge on any atom is 0.320 e. The molecule has 3 aromatic rings. The maximum absolute atomic E-state index is 13.2. The van der Waals surface area contributed by atoms with Crippen LogP contribution < -0.4 is 4.74 Å². The number of nitrogens with zero attached hydrogens (tertiary/aromatic N) is 2. The van der Waals surface area contributed by atoms with Crippen molar-refractivity contribution in [1.82, 2.24) is 9.78 Å². The van der Waals surface area contributed by atoms with Crippen LogP contribution in [0.15, 0.2) is 70.5 Å². The van der Waals surface area contributed by atoms with E-state index in [0.29, 0.717) is 12.3 Å². The van der Waals surface area contributed by atoms with Gasteiger partial charge in [-0.1, -0.05) is 67.2 Å². The van der Waals surface area contributed by atoms with Crippen LogP contribution >= 0.6 is 11.8 Å². The zero-order valence-electron chi connectivity index (χ0n) is 17.7. The van der Waals surface area contributed by atoms with E-state index in [1.165, 1.54) is 0 Å². The highest BCUT2D eigenvalue weighted by Gasteiger charge is 2.29. The second kappa shape index (κ2) is 8.87. The fourth-order valence-corrected chi connectivity index (χ4v) is 4.08. The monoisotopic (exact) mass is 408 g/mol. The number of benzene rings is 2. The lowest BCUT2D eigenvalue weighted by molar-refractivity contribution is -0.137. The van der Waals surface area contributed by atoms with Crippen LogP contribution in [0, 0.1) is 6.92 Å². The molecule has 0 spiro atoms. The van der Waals surface area contributed by atoms with Gasteiger partial charge in [0, 0.05) is 4.90 Å². The van der Waals surface area contributed by atoms with Gasteiger partial charge in [-0.05, 0) is 51.8 Å². The first-order valence-electron chi connectivity index (χ1n) is 9.91. The van der Waals surface area contributed by atoms with Crippen LogP contribution in [-0.2, 0) is 10.3 Å². The van der Waals surface area contributed by atoms with Gasteiger partial charge in [0.2, 0.25) is 5.88 Å². The van der Waals surface area contributed by atoms with Crippen molar-refractivity contribution < 1.29 is 9.53 Å². The highest BCUT2D eigenvalue weighted by Crippen LogP contribution is 2.40. The molecule has 4 nitrogen and oxygen atoms in total. The van der Waals surface area contributed by atoms with Crippen molar-refractivity contribution in [3.8, 4) is 5.88 Å². The molecule has 0 bridgehead atoms. The van der Waals surface area contributed by atoms with E-state index in [2.05, 4.69) is 20.8 Å². The topological polar surface area (TPSA) is 44.1 Å². The van der Waals surface area contributed by atoms with Crippen LogP contribution in [0.5, 0.6) is 5.88 Å². The Morgan fingerprint density at radius 3 is 2.21 bits per heavy atom. The Hall–Kier alpha value is -2.53. The van der Waals surface area contributed by atoms with Crippen molar-refractivity contribution >= 4 is 17.7 Å². The summed E-state index contributed by atoms with van der Waals surface area (Å²) in [5.74, 6) is -0.0448. The maximum atomic E-state index is 13.2. The Labute approximate surface area is 177 Å². The third kappa shape index (κ3) is 4.91. The number of hydrogen-bond acceptors (Lipinski definition) is 4. The van der Waals surface area contributed by atoms with Crippen LogP contribution in [0.2, 0.25) is 0 Å². The number of aromatic nitrogens is 2. The number of ether oxygens (including phenoxy) is 1. The van der Waals surface area contributed by atoms with Gasteiger partial charge in [-0.15, -0.1) is 0 Å². The van der Waals surface area contributed by atoms with Crippen molar-refractivity contribution in [2.24, 2.45) is 0 Å². The lowest BCUT2D eigenvalue weighted by atomic mass is 9.97. The quantitative estimate of drug-likeness (QED) is 0.456. The molecule has 0 saturated heterocycles. The van der Waals surface area contributed by atoms with Gasteiger partial charge in [0.1, 0.15) is 0 Å². The van der Waals surface area contributed by atoms with E-state index in [9.17, 15) is 4.79 Å². The number of carbonyl (C=O) groups is 1. The Kier molecular flexibility index (Phi) is 6.48. The second-order valence-corrected chi connectivity index (χ2v) is 9.09. The van der Waals surface area contributed by atoms with Crippen LogP contribution in [0.1, 0.15) is 51.3 Å². The van der Waals surface area contributed by atoms with Crippen LogP contribution in [0.4, 0.5) is 0 Å². The summed E-state index contributed by atoms with van der Waals surface area (Å²) in [4.78, 5) is 15.1. The lowest BCUT2D eigenvalue weighted by Crippen LogP contribution is -2.27. The number of esters is 1. The van der Waals surface area contributed by atoms with E-state index in [1.807, 2.05) is 79.2 Å². The summed E-state index contributed by atoms with van der Waals surface area (Å²) in [6.45, 7) is 10.1. The highest BCUT2D eigenvalue weighted by molar-refractivity contribution is 7.99. The summed E-state index contributed by atoms with van der Waals surface area (Å²) in [6.07, 6.45) is 0.673. The minimum Gasteiger partial charge on any atom is -0.406 e. The van der Waals surface area contributed by atoms with E-state index in [0.717, 1.165) is 21.0 Å². The van der Waals surface area contributed by atoms with Crippen LogP contribution in [0.25, 0.3) is 0 Å². The molecule has 29 heavy (non-hydrogen) atoms. The third-order valence-electron chi connectivity index (χ3n) is 4.66. The van der Waals surface area contributed by atoms with Gasteiger partial charge in [-0.2, -0.15) is 5.10 Å². The molecule has 0 N–H and O–H groups in total. The minimum atomic E-state index is -0.315. The van der Waals surface area contributed by atoms with Crippen LogP contribution in [0.3, 0.4) is 0 Å². The summed E-state index contributed by atoms with van der Waals surface area (Å²) in [7, 11) is 0. The number of hydrogen-bond donors (Lipinski definition) is 0. The molecule has 5 heteroatoms. The zero-order valence-corrected chi connectivity index (χ0v) is 18.5. The molecule has 1 heterocycles. The van der Waals surface area contributed by atoms with Gasteiger partial charge >= 0.3 is 5.97 Å². The normalized spacial score (nSPS) is 12.6. The Balaban J connectivity index is 1.99. The molecule has 152 valence electrons. The number of carbonyl (C=O) groups excluding carboxylic acids is 1. The molecule has 3 rings (SSSR count). The van der Waals surface area contributed by atoms with Crippen molar-refractivity contribution in [2.45, 2.75) is 62.3 Å². The number of rotatable bonds is 6. The van der Waals surface area contributed by atoms with E-state index < -0.39 is 0 Å². The first kappa shape index (κ1) is 21.2. The molecule has 0 saturated carbocycles. The Morgan fingerprint density at radius 1 is 1.07 bits per heavy atom. The molecular weight excluding hydrogens is 380 g/mol. The summed E-state index contributed by atoms with van der Waals surface area (Å²) < 4.78 is 7.87. The molecule has 0 fully saturated rings. The molecule has 0 radical (unpaired) electrons. The third-order valence-corrected chi connectivity index (χ3v) is 5.84. The fraction of sp³-hybridized carbons (Fsp3) is 0.333. The van der Waals surface area contributed by atoms with Gasteiger partial charge in [-0.25, -0.2) is 4.68 Å². The van der Waals surface area contributed by atoms with E-state index >= 15 is 0 Å². The molecular formula is C24H28N2O2S. The molecule has 2 aromatic carbocycles. The molecule has 0 aliphatic carbocycles. The average Bonchev–Trinajstić information content (AvgIpc) is 3.00. The predicted molar refractivity (Wildman–Crippen MR) is 118 cm³/mol. The second-order valence-electron chi connectivity index (χ2n) is 8.01. The van der Waals surface area contributed by atoms with Crippen molar-refractivity contribution in [1.29, 1.82) is 0 Å². The van der Waals surface area contributed by atoms with Crippen molar-refractivity contribution in [3.63, 3.8) is 0 Å². The molecule has 1 atom stereocenters.